The molecule has 0 unspecified atom stereocenters. The van der Waals surface area contributed by atoms with Crippen molar-refractivity contribution in [1.29, 1.82) is 0 Å². The summed E-state index contributed by atoms with van der Waals surface area (Å²) in [6.45, 7) is 8.44. The topological polar surface area (TPSA) is 76.0 Å². The largest absolute Gasteiger partial charge is 0.347 e. The van der Waals surface area contributed by atoms with Crippen molar-refractivity contribution < 1.29 is 4.92 Å². The Labute approximate surface area is 197 Å². The number of benzene rings is 2. The number of hydrogen-bond donors (Lipinski definition) is 0. The quantitative estimate of drug-likeness (QED) is 0.283. The highest BCUT2D eigenvalue weighted by molar-refractivity contribution is 7.07. The van der Waals surface area contributed by atoms with E-state index in [1.165, 1.54) is 28.7 Å². The van der Waals surface area contributed by atoms with E-state index in [9.17, 15) is 10.1 Å². The molecule has 0 aliphatic carbocycles. The van der Waals surface area contributed by atoms with Gasteiger partial charge in [0.05, 0.1) is 10.6 Å². The molecule has 3 aromatic rings. The van der Waals surface area contributed by atoms with E-state index in [0.29, 0.717) is 0 Å². The van der Waals surface area contributed by atoms with Gasteiger partial charge >= 0.3 is 0 Å². The molecule has 0 atom stereocenters. The molecule has 7 nitrogen and oxygen atoms in total. The van der Waals surface area contributed by atoms with E-state index >= 15 is 0 Å². The zero-order valence-electron chi connectivity index (χ0n) is 19.4. The van der Waals surface area contributed by atoms with Gasteiger partial charge in [-0.15, -0.1) is 11.3 Å². The number of anilines is 1. The van der Waals surface area contributed by atoms with Crippen LogP contribution < -0.4 is 9.70 Å². The number of hydrogen-bond acceptors (Lipinski definition) is 6. The molecule has 2 aromatic carbocycles. The molecule has 1 aromatic heterocycles. The maximum absolute atomic E-state index is 11.3. The molecule has 0 saturated carbocycles. The van der Waals surface area contributed by atoms with Gasteiger partial charge in [0.15, 0.2) is 0 Å². The summed E-state index contributed by atoms with van der Waals surface area (Å²) in [6, 6.07) is 15.1. The summed E-state index contributed by atoms with van der Waals surface area (Å²) < 4.78 is 1.76. The van der Waals surface area contributed by atoms with Crippen molar-refractivity contribution in [2.45, 2.75) is 39.2 Å². The molecule has 0 radical (unpaired) electrons. The highest BCUT2D eigenvalue weighted by Gasteiger charge is 2.37. The summed E-state index contributed by atoms with van der Waals surface area (Å²) in [6.07, 6.45) is 3.81. The number of para-hydroxylation sites is 1. The van der Waals surface area contributed by atoms with Crippen molar-refractivity contribution in [2.75, 3.05) is 11.9 Å². The first kappa shape index (κ1) is 22.7. The molecular weight excluding hydrogens is 434 g/mol. The van der Waals surface area contributed by atoms with Crippen molar-refractivity contribution in [1.82, 2.24) is 4.68 Å². The Morgan fingerprint density at radius 2 is 1.91 bits per heavy atom. The van der Waals surface area contributed by atoms with Crippen LogP contribution in [0.1, 0.15) is 33.3 Å². The lowest BCUT2D eigenvalue weighted by molar-refractivity contribution is -0.384. The number of aromatic nitrogens is 1. The molecule has 1 aliphatic heterocycles. The predicted octanol–water partition coefficient (Wildman–Crippen LogP) is 5.58. The van der Waals surface area contributed by atoms with Crippen molar-refractivity contribution >= 4 is 28.9 Å². The van der Waals surface area contributed by atoms with Crippen LogP contribution in [0.25, 0.3) is 11.3 Å². The van der Waals surface area contributed by atoms with Crippen LogP contribution in [0.4, 0.5) is 11.4 Å². The van der Waals surface area contributed by atoms with Gasteiger partial charge in [-0.3, -0.25) is 15.1 Å². The zero-order chi connectivity index (χ0) is 23.8. The fourth-order valence-corrected chi connectivity index (χ4v) is 5.14. The van der Waals surface area contributed by atoms with E-state index in [1.54, 1.807) is 23.0 Å². The smallest absolute Gasteiger partial charge is 0.270 e. The van der Waals surface area contributed by atoms with Crippen molar-refractivity contribution in [3.05, 3.63) is 86.2 Å². The highest BCUT2D eigenvalue weighted by atomic mass is 32.1. The minimum absolute atomic E-state index is 0.0470. The molecule has 2 heterocycles. The lowest BCUT2D eigenvalue weighted by Crippen LogP contribution is -2.23. The lowest BCUT2D eigenvalue weighted by Gasteiger charge is -2.23. The van der Waals surface area contributed by atoms with Crippen LogP contribution in [0.15, 0.2) is 75.8 Å². The van der Waals surface area contributed by atoms with Gasteiger partial charge < -0.3 is 4.90 Å². The second-order valence-corrected chi connectivity index (χ2v) is 9.60. The van der Waals surface area contributed by atoms with Crippen molar-refractivity contribution in [2.24, 2.45) is 10.1 Å². The fourth-order valence-electron chi connectivity index (χ4n) is 4.17. The average Bonchev–Trinajstić information content (AvgIpc) is 3.25. The molecule has 33 heavy (non-hydrogen) atoms. The van der Waals surface area contributed by atoms with Crippen LogP contribution in [0, 0.1) is 10.1 Å². The van der Waals surface area contributed by atoms with Crippen LogP contribution in [0.5, 0.6) is 0 Å². The van der Waals surface area contributed by atoms with Crippen LogP contribution in [0.2, 0.25) is 0 Å². The standard InChI is InChI=1S/C25H27N5O2S/c1-17(2)27-24-29(22(16-33-24)18-9-8-10-19(15-18)30(31)32)26-14-13-23-25(3,4)20-11-6-7-12-21(20)28(23)5/h6-17H,1-5H3. The molecule has 0 bridgehead atoms. The number of allylic oxidation sites excluding steroid dienone is 2. The van der Waals surface area contributed by atoms with Crippen LogP contribution in [-0.4, -0.2) is 28.9 Å². The normalized spacial score (nSPS) is 16.8. The molecule has 1 aliphatic rings. The van der Waals surface area contributed by atoms with Gasteiger partial charge in [-0.25, -0.2) is 4.68 Å². The Morgan fingerprint density at radius 1 is 1.15 bits per heavy atom. The molecule has 8 heteroatoms. The molecule has 0 fully saturated rings. The Balaban J connectivity index is 1.78. The molecular formula is C25H27N5O2S. The second kappa shape index (κ2) is 8.78. The summed E-state index contributed by atoms with van der Waals surface area (Å²) in [4.78, 5) is 18.5. The van der Waals surface area contributed by atoms with Gasteiger partial charge in [0.25, 0.3) is 5.69 Å². The average molecular weight is 462 g/mol. The van der Waals surface area contributed by atoms with Crippen molar-refractivity contribution in [3.63, 3.8) is 0 Å². The number of rotatable bonds is 5. The first-order valence-corrected chi connectivity index (χ1v) is 11.7. The summed E-state index contributed by atoms with van der Waals surface area (Å²) in [7, 11) is 2.07. The number of thiazole rings is 1. The number of nitro groups is 1. The van der Waals surface area contributed by atoms with Gasteiger partial charge in [-0.1, -0.05) is 44.2 Å². The number of nitro benzene ring substituents is 1. The Hall–Kier alpha value is -3.52. The number of non-ortho nitro benzene ring substituents is 1. The first-order chi connectivity index (χ1) is 15.7. The minimum atomic E-state index is -0.386. The van der Waals surface area contributed by atoms with Crippen LogP contribution >= 0.6 is 11.3 Å². The molecule has 0 saturated heterocycles. The van der Waals surface area contributed by atoms with Crippen LogP contribution in [-0.2, 0) is 5.41 Å². The number of nitrogens with zero attached hydrogens (tertiary/aromatic N) is 5. The third-order valence-electron chi connectivity index (χ3n) is 5.76. The van der Waals surface area contributed by atoms with Gasteiger partial charge in [0, 0.05) is 59.2 Å². The first-order valence-electron chi connectivity index (χ1n) is 10.8. The SMILES string of the molecule is CC(C)N=c1scc(-c2cccc([N+](=O)[O-])c2)n1N=CC=C1N(C)c2ccccc2C1(C)C. The van der Waals surface area contributed by atoms with E-state index in [-0.39, 0.29) is 22.1 Å². The maximum atomic E-state index is 11.3. The van der Waals surface area contributed by atoms with E-state index in [0.717, 1.165) is 21.8 Å². The second-order valence-electron chi connectivity index (χ2n) is 8.76. The fraction of sp³-hybridized carbons (Fsp3) is 0.280. The lowest BCUT2D eigenvalue weighted by atomic mass is 9.84. The van der Waals surface area contributed by atoms with Gasteiger partial charge in [-0.05, 0) is 31.6 Å². The van der Waals surface area contributed by atoms with E-state index in [4.69, 9.17) is 10.1 Å². The third-order valence-corrected chi connectivity index (χ3v) is 6.59. The maximum Gasteiger partial charge on any atom is 0.270 e. The molecule has 0 spiro atoms. The van der Waals surface area contributed by atoms with Crippen molar-refractivity contribution in [3.8, 4) is 11.3 Å². The summed E-state index contributed by atoms with van der Waals surface area (Å²) >= 11 is 1.47. The number of fused-ring (bicyclic) bond motifs is 1. The predicted molar refractivity (Wildman–Crippen MR) is 135 cm³/mol. The summed E-state index contributed by atoms with van der Waals surface area (Å²) in [5, 5.41) is 17.9. The number of likely N-dealkylation sites (N-methyl/N-ethyl adjacent to an activating group) is 1. The zero-order valence-corrected chi connectivity index (χ0v) is 20.2. The Bertz CT molecular complexity index is 1330. The third kappa shape index (κ3) is 4.26. The van der Waals surface area contributed by atoms with Crippen LogP contribution in [0.3, 0.4) is 0 Å². The molecule has 4 rings (SSSR count). The van der Waals surface area contributed by atoms with E-state index in [1.807, 2.05) is 31.4 Å². The van der Waals surface area contributed by atoms with Gasteiger partial charge in [0.2, 0.25) is 4.80 Å². The monoisotopic (exact) mass is 461 g/mol. The van der Waals surface area contributed by atoms with Gasteiger partial charge in [-0.2, -0.15) is 5.10 Å². The summed E-state index contributed by atoms with van der Waals surface area (Å²) in [5.41, 5.74) is 5.00. The molecule has 0 N–H and O–H groups in total. The van der Waals surface area contributed by atoms with Gasteiger partial charge in [0.1, 0.15) is 0 Å². The Morgan fingerprint density at radius 3 is 2.61 bits per heavy atom. The Kier molecular flexibility index (Phi) is 6.03. The summed E-state index contributed by atoms with van der Waals surface area (Å²) in [5.74, 6) is 0. The highest BCUT2D eigenvalue weighted by Crippen LogP contribution is 2.46. The van der Waals surface area contributed by atoms with E-state index < -0.39 is 0 Å². The molecule has 0 amide bonds. The van der Waals surface area contributed by atoms with E-state index in [2.05, 4.69) is 50.1 Å². The molecule has 170 valence electrons. The minimum Gasteiger partial charge on any atom is -0.347 e.